The molecule has 2 aromatic heterocycles. The van der Waals surface area contributed by atoms with Crippen LogP contribution in [0.15, 0.2) is 30.5 Å². The molecule has 0 bridgehead atoms. The van der Waals surface area contributed by atoms with Crippen LogP contribution in [0.25, 0.3) is 11.2 Å². The summed E-state index contributed by atoms with van der Waals surface area (Å²) in [4.78, 5) is 88.0. The van der Waals surface area contributed by atoms with Crippen molar-refractivity contribution in [2.75, 3.05) is 17.6 Å². The summed E-state index contributed by atoms with van der Waals surface area (Å²) in [5, 5.41) is 48.1. The predicted octanol–water partition coefficient (Wildman–Crippen LogP) is -1.06. The van der Waals surface area contributed by atoms with E-state index in [1.54, 1.807) is 12.1 Å². The van der Waals surface area contributed by atoms with Crippen LogP contribution in [-0.2, 0) is 30.5 Å². The summed E-state index contributed by atoms with van der Waals surface area (Å²) >= 11 is 0. The van der Waals surface area contributed by atoms with Crippen molar-refractivity contribution < 1.29 is 49.2 Å². The van der Waals surface area contributed by atoms with Gasteiger partial charge in [0.25, 0.3) is 5.91 Å². The molecule has 20 heteroatoms. The number of aromatic nitrogens is 4. The Kier molecular flexibility index (Phi) is 13.4. The molecule has 0 spiro atoms. The average Bonchev–Trinajstić information content (AvgIpc) is 3.05. The van der Waals surface area contributed by atoms with Gasteiger partial charge in [0.2, 0.25) is 23.6 Å². The summed E-state index contributed by atoms with van der Waals surface area (Å²) in [6.07, 6.45) is 0.262. The molecule has 3 atom stereocenters. The van der Waals surface area contributed by atoms with E-state index < -0.39 is 72.5 Å². The fourth-order valence-corrected chi connectivity index (χ4v) is 4.38. The topological polar surface area (TPSA) is 335 Å². The third-order valence-corrected chi connectivity index (χ3v) is 6.96. The number of anilines is 2. The number of rotatable bonds is 19. The molecule has 0 unspecified atom stereocenters. The molecule has 0 saturated carbocycles. The Balaban J connectivity index is 1.49. The zero-order valence-electron chi connectivity index (χ0n) is 26.0. The van der Waals surface area contributed by atoms with Crippen LogP contribution in [0.2, 0.25) is 0 Å². The van der Waals surface area contributed by atoms with E-state index in [0.29, 0.717) is 17.8 Å². The first-order chi connectivity index (χ1) is 23.3. The smallest absolute Gasteiger partial charge is 0.326 e. The molecule has 49 heavy (non-hydrogen) atoms. The Morgan fingerprint density at radius 3 is 1.86 bits per heavy atom. The summed E-state index contributed by atoms with van der Waals surface area (Å²) in [7, 11) is 0. The molecule has 12 N–H and O–H groups in total. The fraction of sp³-hybridized carbons (Fsp3) is 0.379. The van der Waals surface area contributed by atoms with Crippen LogP contribution < -0.4 is 32.7 Å². The number of benzene rings is 1. The van der Waals surface area contributed by atoms with E-state index in [-0.39, 0.29) is 55.0 Å². The Labute approximate surface area is 277 Å². The largest absolute Gasteiger partial charge is 0.492 e. The highest BCUT2D eigenvalue weighted by Crippen LogP contribution is 2.19. The second-order valence-electron chi connectivity index (χ2n) is 10.7. The van der Waals surface area contributed by atoms with Gasteiger partial charge in [-0.3, -0.25) is 14.4 Å². The predicted molar refractivity (Wildman–Crippen MR) is 170 cm³/mol. The lowest BCUT2D eigenvalue weighted by atomic mass is 10.1. The van der Waals surface area contributed by atoms with Crippen LogP contribution in [0.5, 0.6) is 5.88 Å². The van der Waals surface area contributed by atoms with E-state index in [1.165, 1.54) is 18.3 Å². The number of carbonyl (C=O) groups excluding carboxylic acids is 3. The molecule has 3 amide bonds. The van der Waals surface area contributed by atoms with Crippen molar-refractivity contribution in [1.29, 1.82) is 0 Å². The molecule has 20 nitrogen and oxygen atoms in total. The van der Waals surface area contributed by atoms with Gasteiger partial charge in [0.1, 0.15) is 18.1 Å². The SMILES string of the molecule is NCCC[C@H](NC(=O)CC[C@H](NC(=O)CC[C@H](NC(=O)c1ccc(NCc2cnc3nc(N)nc(O)c3n2)cc1)C(=O)O)C(=O)O)C(=O)O. The molecule has 3 aromatic rings. The maximum Gasteiger partial charge on any atom is 0.326 e. The number of carboxylic acids is 3. The van der Waals surface area contributed by atoms with Crippen molar-refractivity contribution in [2.45, 2.75) is 63.2 Å². The van der Waals surface area contributed by atoms with E-state index >= 15 is 0 Å². The van der Waals surface area contributed by atoms with Gasteiger partial charge in [-0.25, -0.2) is 24.4 Å². The summed E-state index contributed by atoms with van der Waals surface area (Å²) in [5.74, 6) is -7.02. The standard InChI is InChI=1S/C29H36N10O10/c30-11-1-2-17(26(44)45)35-20(40)9-7-18(27(46)47)36-21(41)10-8-19(28(48)49)37-24(42)14-3-5-15(6-4-14)32-12-16-13-33-23-22(34-16)25(43)39-29(31)38-23/h3-6,13,17-19,32H,1-2,7-12,30H2,(H,35,40)(H,36,41)(H,37,42)(H,44,45)(H,46,47)(H,48,49)(H3,31,33,38,39,43)/t17-,18-,19-/m0/s1. The first-order valence-corrected chi connectivity index (χ1v) is 14.9. The second-order valence-corrected chi connectivity index (χ2v) is 10.7. The lowest BCUT2D eigenvalue weighted by Crippen LogP contribution is -2.45. The number of nitrogen functional groups attached to an aromatic ring is 1. The van der Waals surface area contributed by atoms with Crippen LogP contribution in [0.4, 0.5) is 11.6 Å². The molecule has 0 saturated heterocycles. The van der Waals surface area contributed by atoms with Crippen LogP contribution in [0.1, 0.15) is 54.6 Å². The number of nitrogens with zero attached hydrogens (tertiary/aromatic N) is 4. The van der Waals surface area contributed by atoms with Gasteiger partial charge < -0.3 is 53.2 Å². The van der Waals surface area contributed by atoms with Crippen molar-refractivity contribution in [3.8, 4) is 5.88 Å². The number of carbonyl (C=O) groups is 6. The summed E-state index contributed by atoms with van der Waals surface area (Å²) in [6, 6.07) is 1.78. The van der Waals surface area contributed by atoms with Crippen LogP contribution in [-0.4, -0.2) is 101 Å². The summed E-state index contributed by atoms with van der Waals surface area (Å²) in [6.45, 7) is 0.398. The maximum absolute atomic E-state index is 12.8. The first kappa shape index (κ1) is 37.3. The zero-order valence-corrected chi connectivity index (χ0v) is 26.0. The minimum atomic E-state index is -1.51. The lowest BCUT2D eigenvalue weighted by molar-refractivity contribution is -0.143. The lowest BCUT2D eigenvalue weighted by Gasteiger charge is -2.18. The molecule has 0 fully saturated rings. The number of hydrogen-bond donors (Lipinski definition) is 10. The molecule has 0 aliphatic rings. The number of carboxylic acid groups (broad SMARTS) is 3. The van der Waals surface area contributed by atoms with Gasteiger partial charge in [-0.2, -0.15) is 9.97 Å². The fourth-order valence-electron chi connectivity index (χ4n) is 4.38. The van der Waals surface area contributed by atoms with Gasteiger partial charge in [0, 0.05) is 24.1 Å². The Bertz CT molecular complexity index is 1690. The average molecular weight is 685 g/mol. The third-order valence-electron chi connectivity index (χ3n) is 6.96. The molecule has 0 aliphatic heterocycles. The molecular weight excluding hydrogens is 648 g/mol. The Morgan fingerprint density at radius 2 is 1.31 bits per heavy atom. The molecule has 0 aliphatic carbocycles. The van der Waals surface area contributed by atoms with Crippen molar-refractivity contribution >= 4 is 58.4 Å². The number of nitrogens with one attached hydrogen (secondary N) is 4. The van der Waals surface area contributed by atoms with Gasteiger partial charge in [-0.05, 0) is 56.5 Å². The van der Waals surface area contributed by atoms with E-state index in [9.17, 15) is 49.2 Å². The first-order valence-electron chi connectivity index (χ1n) is 14.9. The Morgan fingerprint density at radius 1 is 0.755 bits per heavy atom. The number of aliphatic carboxylic acids is 3. The van der Waals surface area contributed by atoms with E-state index in [0.717, 1.165) is 0 Å². The number of fused-ring (bicyclic) bond motifs is 1. The molecule has 3 rings (SSSR count). The maximum atomic E-state index is 12.8. The Hall–Kier alpha value is -6.18. The molecule has 0 radical (unpaired) electrons. The summed E-state index contributed by atoms with van der Waals surface area (Å²) in [5.41, 5.74) is 12.2. The third kappa shape index (κ3) is 11.5. The molecule has 2 heterocycles. The van der Waals surface area contributed by atoms with E-state index in [4.69, 9.17) is 11.5 Å². The highest BCUT2D eigenvalue weighted by molar-refractivity contribution is 5.97. The van der Waals surface area contributed by atoms with Gasteiger partial charge >= 0.3 is 17.9 Å². The van der Waals surface area contributed by atoms with Gasteiger partial charge in [-0.1, -0.05) is 0 Å². The minimum absolute atomic E-state index is 0.0688. The summed E-state index contributed by atoms with van der Waals surface area (Å²) < 4.78 is 0. The highest BCUT2D eigenvalue weighted by Gasteiger charge is 2.26. The van der Waals surface area contributed by atoms with Crippen molar-refractivity contribution in [2.24, 2.45) is 5.73 Å². The van der Waals surface area contributed by atoms with Crippen molar-refractivity contribution in [3.63, 3.8) is 0 Å². The quantitative estimate of drug-likeness (QED) is 0.0719. The molecule has 1 aromatic carbocycles. The highest BCUT2D eigenvalue weighted by atomic mass is 16.4. The van der Waals surface area contributed by atoms with E-state index in [2.05, 4.69) is 41.2 Å². The van der Waals surface area contributed by atoms with Crippen LogP contribution in [0.3, 0.4) is 0 Å². The zero-order chi connectivity index (χ0) is 36.1. The number of nitrogens with two attached hydrogens (primary N) is 2. The molecular formula is C29H36N10O10. The van der Waals surface area contributed by atoms with E-state index in [1.807, 2.05) is 0 Å². The van der Waals surface area contributed by atoms with Crippen LogP contribution >= 0.6 is 0 Å². The second kappa shape index (κ2) is 17.7. The van der Waals surface area contributed by atoms with Crippen LogP contribution in [0, 0.1) is 0 Å². The van der Waals surface area contributed by atoms with Gasteiger partial charge in [-0.15, -0.1) is 0 Å². The molecule has 262 valence electrons. The van der Waals surface area contributed by atoms with Gasteiger partial charge in [0.15, 0.2) is 11.2 Å². The number of amides is 3. The monoisotopic (exact) mass is 684 g/mol. The number of hydrogen-bond acceptors (Lipinski definition) is 14. The van der Waals surface area contributed by atoms with Crippen molar-refractivity contribution in [1.82, 2.24) is 35.9 Å². The van der Waals surface area contributed by atoms with Gasteiger partial charge in [0.05, 0.1) is 18.4 Å². The minimum Gasteiger partial charge on any atom is -0.492 e. The normalized spacial score (nSPS) is 12.7. The van der Waals surface area contributed by atoms with Crippen molar-refractivity contribution in [3.05, 3.63) is 41.7 Å². The number of aromatic hydroxyl groups is 1.